The van der Waals surface area contributed by atoms with E-state index in [4.69, 9.17) is 4.98 Å². The Kier molecular flexibility index (Phi) is 4.17. The van der Waals surface area contributed by atoms with Gasteiger partial charge < -0.3 is 5.32 Å². The zero-order chi connectivity index (χ0) is 18.1. The summed E-state index contributed by atoms with van der Waals surface area (Å²) in [5.41, 5.74) is 6.59. The Morgan fingerprint density at radius 3 is 2.35 bits per heavy atom. The number of nitrogens with one attached hydrogen (secondary N) is 1. The molecule has 0 bridgehead atoms. The molecule has 0 saturated carbocycles. The second kappa shape index (κ2) is 6.64. The van der Waals surface area contributed by atoms with Crippen LogP contribution in [0.1, 0.15) is 22.5 Å². The van der Waals surface area contributed by atoms with E-state index in [0.29, 0.717) is 0 Å². The fraction of sp³-hybridized carbons (Fsp3) is 0.182. The smallest absolute Gasteiger partial charge is 0.236 e. The van der Waals surface area contributed by atoms with Crippen LogP contribution in [0, 0.1) is 20.8 Å². The van der Waals surface area contributed by atoms with E-state index in [1.807, 2.05) is 13.0 Å². The van der Waals surface area contributed by atoms with E-state index in [1.165, 1.54) is 11.1 Å². The van der Waals surface area contributed by atoms with Gasteiger partial charge in [0.15, 0.2) is 0 Å². The van der Waals surface area contributed by atoms with Gasteiger partial charge in [-0.15, -0.1) is 0 Å². The predicted molar refractivity (Wildman–Crippen MR) is 106 cm³/mol. The Balaban J connectivity index is 1.84. The Morgan fingerprint density at radius 2 is 1.62 bits per heavy atom. The summed E-state index contributed by atoms with van der Waals surface area (Å²) in [6.07, 6.45) is 0. The molecule has 4 nitrogen and oxygen atoms in total. The quantitative estimate of drug-likeness (QED) is 0.571. The monoisotopic (exact) mass is 342 g/mol. The zero-order valence-electron chi connectivity index (χ0n) is 15.3. The molecule has 0 radical (unpaired) electrons. The van der Waals surface area contributed by atoms with Crippen molar-refractivity contribution in [3.63, 3.8) is 0 Å². The first-order valence-electron chi connectivity index (χ1n) is 8.83. The average molecular weight is 342 g/mol. The number of imidazole rings is 1. The second-order valence-electron chi connectivity index (χ2n) is 6.69. The lowest BCUT2D eigenvalue weighted by molar-refractivity contribution is 0.995. The van der Waals surface area contributed by atoms with Crippen molar-refractivity contribution in [3.05, 3.63) is 83.2 Å². The minimum absolute atomic E-state index is 0.730. The van der Waals surface area contributed by atoms with Crippen molar-refractivity contribution in [1.82, 2.24) is 14.4 Å². The van der Waals surface area contributed by atoms with E-state index >= 15 is 0 Å². The molecular formula is C22H22N4. The maximum Gasteiger partial charge on any atom is 0.236 e. The maximum absolute atomic E-state index is 4.84. The zero-order valence-corrected chi connectivity index (χ0v) is 15.3. The summed E-state index contributed by atoms with van der Waals surface area (Å²) >= 11 is 0. The maximum atomic E-state index is 4.84. The number of hydrogen-bond acceptors (Lipinski definition) is 3. The SMILES string of the molecule is Cc1ccc(-c2nc3nc(C)cc(C)n3c2NCc2ccccc2)cc1. The standard InChI is InChI=1S/C22H22N4/c1-15-9-11-19(12-10-15)20-21(23-14-18-7-5-4-6-8-18)26-17(3)13-16(2)24-22(26)25-20/h4-13,23H,14H2,1-3H3. The average Bonchev–Trinajstić information content (AvgIpc) is 3.00. The van der Waals surface area contributed by atoms with E-state index in [0.717, 1.165) is 40.8 Å². The molecule has 0 aliphatic heterocycles. The molecule has 1 N–H and O–H groups in total. The summed E-state index contributed by atoms with van der Waals surface area (Å²) in [7, 11) is 0. The largest absolute Gasteiger partial charge is 0.365 e. The molecule has 0 aliphatic carbocycles. The number of aromatic nitrogens is 3. The molecule has 130 valence electrons. The van der Waals surface area contributed by atoms with Crippen LogP contribution in [-0.2, 0) is 6.54 Å². The van der Waals surface area contributed by atoms with Gasteiger partial charge in [-0.25, -0.2) is 9.97 Å². The van der Waals surface area contributed by atoms with Crippen molar-refractivity contribution in [3.8, 4) is 11.3 Å². The normalized spacial score (nSPS) is 11.0. The number of anilines is 1. The van der Waals surface area contributed by atoms with Crippen LogP contribution < -0.4 is 5.32 Å². The van der Waals surface area contributed by atoms with Gasteiger partial charge in [-0.3, -0.25) is 4.40 Å². The first-order valence-corrected chi connectivity index (χ1v) is 8.83. The molecule has 26 heavy (non-hydrogen) atoms. The number of aryl methyl sites for hydroxylation is 3. The van der Waals surface area contributed by atoms with Crippen molar-refractivity contribution in [1.29, 1.82) is 0 Å². The molecule has 0 saturated heterocycles. The summed E-state index contributed by atoms with van der Waals surface area (Å²) in [4.78, 5) is 9.46. The second-order valence-corrected chi connectivity index (χ2v) is 6.69. The van der Waals surface area contributed by atoms with Gasteiger partial charge in [0.05, 0.1) is 0 Å². The van der Waals surface area contributed by atoms with Gasteiger partial charge in [-0.1, -0.05) is 60.2 Å². The van der Waals surface area contributed by atoms with E-state index in [9.17, 15) is 0 Å². The van der Waals surface area contributed by atoms with Crippen molar-refractivity contribution in [2.24, 2.45) is 0 Å². The summed E-state index contributed by atoms with van der Waals surface area (Å²) in [5, 5.41) is 3.59. The molecule has 2 aromatic carbocycles. The lowest BCUT2D eigenvalue weighted by atomic mass is 10.1. The first-order chi connectivity index (χ1) is 12.6. The fourth-order valence-electron chi connectivity index (χ4n) is 3.23. The van der Waals surface area contributed by atoms with Crippen LogP contribution in [-0.4, -0.2) is 14.4 Å². The van der Waals surface area contributed by atoms with Gasteiger partial charge in [-0.2, -0.15) is 0 Å². The molecular weight excluding hydrogens is 320 g/mol. The number of hydrogen-bond donors (Lipinski definition) is 1. The molecule has 0 fully saturated rings. The van der Waals surface area contributed by atoms with Crippen molar-refractivity contribution < 1.29 is 0 Å². The van der Waals surface area contributed by atoms with Crippen LogP contribution in [0.15, 0.2) is 60.7 Å². The van der Waals surface area contributed by atoms with Gasteiger partial charge in [0.2, 0.25) is 5.78 Å². The van der Waals surface area contributed by atoms with E-state index in [2.05, 4.69) is 83.1 Å². The highest BCUT2D eigenvalue weighted by atomic mass is 15.2. The highest BCUT2D eigenvalue weighted by molar-refractivity contribution is 5.76. The van der Waals surface area contributed by atoms with Gasteiger partial charge >= 0.3 is 0 Å². The first kappa shape index (κ1) is 16.3. The lowest BCUT2D eigenvalue weighted by Crippen LogP contribution is -2.05. The van der Waals surface area contributed by atoms with Crippen LogP contribution in [0.4, 0.5) is 5.82 Å². The van der Waals surface area contributed by atoms with E-state index < -0.39 is 0 Å². The Bertz CT molecular complexity index is 1050. The number of nitrogens with zero attached hydrogens (tertiary/aromatic N) is 3. The highest BCUT2D eigenvalue weighted by Gasteiger charge is 2.16. The van der Waals surface area contributed by atoms with Crippen LogP contribution in [0.25, 0.3) is 17.0 Å². The van der Waals surface area contributed by atoms with Crippen LogP contribution in [0.5, 0.6) is 0 Å². The van der Waals surface area contributed by atoms with Gasteiger partial charge in [-0.05, 0) is 32.4 Å². The van der Waals surface area contributed by atoms with Crippen LogP contribution >= 0.6 is 0 Å². The summed E-state index contributed by atoms with van der Waals surface area (Å²) in [5.74, 6) is 1.71. The molecule has 4 heteroatoms. The minimum atomic E-state index is 0.730. The minimum Gasteiger partial charge on any atom is -0.365 e. The number of rotatable bonds is 4. The third-order valence-electron chi connectivity index (χ3n) is 4.53. The predicted octanol–water partition coefficient (Wildman–Crippen LogP) is 4.93. The molecule has 0 atom stereocenters. The summed E-state index contributed by atoms with van der Waals surface area (Å²) in [6.45, 7) is 6.93. The van der Waals surface area contributed by atoms with Crippen molar-refractivity contribution in [2.75, 3.05) is 5.32 Å². The molecule has 4 rings (SSSR count). The molecule has 2 aromatic heterocycles. The van der Waals surface area contributed by atoms with Crippen molar-refractivity contribution in [2.45, 2.75) is 27.3 Å². The van der Waals surface area contributed by atoms with Gasteiger partial charge in [0.25, 0.3) is 0 Å². The molecule has 2 heterocycles. The summed E-state index contributed by atoms with van der Waals surface area (Å²) in [6, 6.07) is 20.9. The molecule has 0 unspecified atom stereocenters. The molecule has 0 amide bonds. The van der Waals surface area contributed by atoms with Crippen LogP contribution in [0.3, 0.4) is 0 Å². The van der Waals surface area contributed by atoms with E-state index in [1.54, 1.807) is 0 Å². The Morgan fingerprint density at radius 1 is 0.885 bits per heavy atom. The Hall–Kier alpha value is -3.14. The molecule has 0 spiro atoms. The highest BCUT2D eigenvalue weighted by Crippen LogP contribution is 2.30. The number of fused-ring (bicyclic) bond motifs is 1. The topological polar surface area (TPSA) is 42.2 Å². The van der Waals surface area contributed by atoms with E-state index in [-0.39, 0.29) is 0 Å². The number of benzene rings is 2. The molecule has 0 aliphatic rings. The van der Waals surface area contributed by atoms with Crippen LogP contribution in [0.2, 0.25) is 0 Å². The third kappa shape index (κ3) is 3.06. The lowest BCUT2D eigenvalue weighted by Gasteiger charge is -2.11. The van der Waals surface area contributed by atoms with Gasteiger partial charge in [0.1, 0.15) is 11.5 Å². The fourth-order valence-corrected chi connectivity index (χ4v) is 3.23. The Labute approximate surface area is 153 Å². The summed E-state index contributed by atoms with van der Waals surface area (Å²) < 4.78 is 2.10. The van der Waals surface area contributed by atoms with Crippen molar-refractivity contribution >= 4 is 11.6 Å². The third-order valence-corrected chi connectivity index (χ3v) is 4.53. The molecule has 4 aromatic rings. The van der Waals surface area contributed by atoms with Gasteiger partial charge in [0, 0.05) is 23.5 Å².